The van der Waals surface area contributed by atoms with Gasteiger partial charge in [-0.05, 0) is 13.0 Å². The van der Waals surface area contributed by atoms with Crippen molar-refractivity contribution in [1.82, 2.24) is 14.9 Å². The van der Waals surface area contributed by atoms with E-state index in [0.717, 1.165) is 37.7 Å². The first kappa shape index (κ1) is 12.3. The molecule has 0 radical (unpaired) electrons. The molecule has 2 rings (SSSR count). The van der Waals surface area contributed by atoms with Gasteiger partial charge in [0, 0.05) is 50.7 Å². The van der Waals surface area contributed by atoms with Gasteiger partial charge in [-0.3, -0.25) is 4.90 Å². The van der Waals surface area contributed by atoms with Crippen LogP contribution in [0, 0.1) is 0 Å². The summed E-state index contributed by atoms with van der Waals surface area (Å²) in [6, 6.07) is 0. The highest BCUT2D eigenvalue weighted by molar-refractivity contribution is 5.30. The van der Waals surface area contributed by atoms with Gasteiger partial charge in [-0.2, -0.15) is 0 Å². The maximum atomic E-state index is 5.53. The van der Waals surface area contributed by atoms with Crippen LogP contribution in [-0.2, 0) is 6.54 Å². The second-order valence-electron chi connectivity index (χ2n) is 4.42. The second-order valence-corrected chi connectivity index (χ2v) is 4.42. The molecule has 0 aromatic carbocycles. The molecule has 1 aromatic rings. The number of rotatable bonds is 4. The Hall–Kier alpha value is -1.20. The summed E-state index contributed by atoms with van der Waals surface area (Å²) >= 11 is 0. The summed E-state index contributed by atoms with van der Waals surface area (Å²) in [6.45, 7) is 8.17. The van der Waals surface area contributed by atoms with Crippen molar-refractivity contribution < 1.29 is 0 Å². The van der Waals surface area contributed by atoms with Crippen LogP contribution in [0.1, 0.15) is 18.9 Å². The number of piperazine rings is 1. The van der Waals surface area contributed by atoms with E-state index in [4.69, 9.17) is 5.73 Å². The fourth-order valence-corrected chi connectivity index (χ4v) is 2.10. The van der Waals surface area contributed by atoms with E-state index in [9.17, 15) is 0 Å². The topological polar surface area (TPSA) is 58.3 Å². The molecule has 0 spiro atoms. The van der Waals surface area contributed by atoms with Crippen molar-refractivity contribution in [2.45, 2.75) is 19.9 Å². The van der Waals surface area contributed by atoms with Gasteiger partial charge in [-0.1, -0.05) is 6.92 Å². The Kier molecular flexibility index (Phi) is 4.28. The van der Waals surface area contributed by atoms with Crippen molar-refractivity contribution in [2.24, 2.45) is 5.73 Å². The van der Waals surface area contributed by atoms with E-state index in [2.05, 4.69) is 26.7 Å². The van der Waals surface area contributed by atoms with Crippen molar-refractivity contribution >= 4 is 5.95 Å². The van der Waals surface area contributed by atoms with Crippen molar-refractivity contribution in [1.29, 1.82) is 0 Å². The third-order valence-electron chi connectivity index (χ3n) is 3.12. The summed E-state index contributed by atoms with van der Waals surface area (Å²) in [6.07, 6.45) is 4.86. The van der Waals surface area contributed by atoms with Gasteiger partial charge in [0.05, 0.1) is 0 Å². The summed E-state index contributed by atoms with van der Waals surface area (Å²) in [5.74, 6) is 0.832. The minimum atomic E-state index is 0.505. The fraction of sp³-hybridized carbons (Fsp3) is 0.667. The van der Waals surface area contributed by atoms with Crippen LogP contribution in [0.3, 0.4) is 0 Å². The summed E-state index contributed by atoms with van der Waals surface area (Å²) < 4.78 is 0. The predicted molar refractivity (Wildman–Crippen MR) is 68.9 cm³/mol. The lowest BCUT2D eigenvalue weighted by Gasteiger charge is -2.34. The van der Waals surface area contributed by atoms with Crippen LogP contribution in [0.5, 0.6) is 0 Å². The molecule has 0 atom stereocenters. The molecule has 5 heteroatoms. The lowest BCUT2D eigenvalue weighted by Crippen LogP contribution is -2.47. The molecule has 0 amide bonds. The molecule has 2 N–H and O–H groups in total. The molecule has 17 heavy (non-hydrogen) atoms. The molecule has 1 saturated heterocycles. The number of nitrogens with zero attached hydrogens (tertiary/aromatic N) is 4. The highest BCUT2D eigenvalue weighted by Crippen LogP contribution is 2.10. The Bertz CT molecular complexity index is 329. The largest absolute Gasteiger partial charge is 0.338 e. The Labute approximate surface area is 103 Å². The van der Waals surface area contributed by atoms with Crippen LogP contribution in [0.25, 0.3) is 0 Å². The number of nitrogens with two attached hydrogens (primary N) is 1. The van der Waals surface area contributed by atoms with Gasteiger partial charge < -0.3 is 10.6 Å². The highest BCUT2D eigenvalue weighted by Gasteiger charge is 2.17. The molecule has 0 unspecified atom stereocenters. The summed E-state index contributed by atoms with van der Waals surface area (Å²) in [7, 11) is 0. The van der Waals surface area contributed by atoms with Gasteiger partial charge >= 0.3 is 0 Å². The van der Waals surface area contributed by atoms with E-state index in [1.165, 1.54) is 13.0 Å². The number of anilines is 1. The van der Waals surface area contributed by atoms with Gasteiger partial charge in [0.25, 0.3) is 0 Å². The smallest absolute Gasteiger partial charge is 0.225 e. The van der Waals surface area contributed by atoms with Gasteiger partial charge in [-0.15, -0.1) is 0 Å². The summed E-state index contributed by atoms with van der Waals surface area (Å²) in [5.41, 5.74) is 6.51. The standard InChI is InChI=1S/C12H21N5/c1-2-3-16-4-6-17(7-5-16)12-14-9-11(8-13)10-15-12/h9-10H,2-8,13H2,1H3. The average molecular weight is 235 g/mol. The average Bonchev–Trinajstić information content (AvgIpc) is 2.40. The zero-order valence-corrected chi connectivity index (χ0v) is 10.5. The fourth-order valence-electron chi connectivity index (χ4n) is 2.10. The lowest BCUT2D eigenvalue weighted by atomic mass is 10.3. The van der Waals surface area contributed by atoms with Gasteiger partial charge in [-0.25, -0.2) is 9.97 Å². The second kappa shape index (κ2) is 5.93. The first-order chi connectivity index (χ1) is 8.33. The van der Waals surface area contributed by atoms with Crippen LogP contribution in [0.2, 0.25) is 0 Å². The molecule has 1 aromatic heterocycles. The van der Waals surface area contributed by atoms with Crippen LogP contribution in [-0.4, -0.2) is 47.6 Å². The van der Waals surface area contributed by atoms with E-state index < -0.39 is 0 Å². The molecule has 2 heterocycles. The van der Waals surface area contributed by atoms with E-state index >= 15 is 0 Å². The molecule has 1 aliphatic rings. The van der Waals surface area contributed by atoms with Gasteiger partial charge in [0.15, 0.2) is 0 Å². The van der Waals surface area contributed by atoms with E-state index in [1.807, 2.05) is 12.4 Å². The van der Waals surface area contributed by atoms with Crippen LogP contribution in [0.4, 0.5) is 5.95 Å². The molecule has 5 nitrogen and oxygen atoms in total. The molecule has 1 aliphatic heterocycles. The monoisotopic (exact) mass is 235 g/mol. The predicted octanol–water partition coefficient (Wildman–Crippen LogP) is 0.467. The number of hydrogen-bond acceptors (Lipinski definition) is 5. The Morgan fingerprint density at radius 1 is 1.18 bits per heavy atom. The normalized spacial score (nSPS) is 17.4. The first-order valence-corrected chi connectivity index (χ1v) is 6.31. The molecule has 0 saturated carbocycles. The quantitative estimate of drug-likeness (QED) is 0.822. The SMILES string of the molecule is CCCN1CCN(c2ncc(CN)cn2)CC1. The Morgan fingerprint density at radius 3 is 2.35 bits per heavy atom. The molecule has 94 valence electrons. The highest BCUT2D eigenvalue weighted by atomic mass is 15.3. The third-order valence-corrected chi connectivity index (χ3v) is 3.12. The van der Waals surface area contributed by atoms with E-state index in [0.29, 0.717) is 6.54 Å². The maximum Gasteiger partial charge on any atom is 0.225 e. The summed E-state index contributed by atoms with van der Waals surface area (Å²) in [5, 5.41) is 0. The number of aromatic nitrogens is 2. The third kappa shape index (κ3) is 3.14. The van der Waals surface area contributed by atoms with Crippen molar-refractivity contribution in [3.63, 3.8) is 0 Å². The Morgan fingerprint density at radius 2 is 1.82 bits per heavy atom. The molecular weight excluding hydrogens is 214 g/mol. The molecule has 0 bridgehead atoms. The Balaban J connectivity index is 1.91. The minimum Gasteiger partial charge on any atom is -0.338 e. The first-order valence-electron chi connectivity index (χ1n) is 6.31. The van der Waals surface area contributed by atoms with Crippen LogP contribution >= 0.6 is 0 Å². The van der Waals surface area contributed by atoms with Crippen molar-refractivity contribution in [2.75, 3.05) is 37.6 Å². The minimum absolute atomic E-state index is 0.505. The lowest BCUT2D eigenvalue weighted by molar-refractivity contribution is 0.257. The van der Waals surface area contributed by atoms with E-state index in [1.54, 1.807) is 0 Å². The number of hydrogen-bond donors (Lipinski definition) is 1. The summed E-state index contributed by atoms with van der Waals surface area (Å²) in [4.78, 5) is 13.5. The van der Waals surface area contributed by atoms with Crippen LogP contribution in [0.15, 0.2) is 12.4 Å². The van der Waals surface area contributed by atoms with Gasteiger partial charge in [0.2, 0.25) is 5.95 Å². The van der Waals surface area contributed by atoms with Gasteiger partial charge in [0.1, 0.15) is 0 Å². The molecule has 1 fully saturated rings. The van der Waals surface area contributed by atoms with E-state index in [-0.39, 0.29) is 0 Å². The zero-order valence-electron chi connectivity index (χ0n) is 10.5. The van der Waals surface area contributed by atoms with Crippen molar-refractivity contribution in [3.05, 3.63) is 18.0 Å². The maximum absolute atomic E-state index is 5.53. The zero-order chi connectivity index (χ0) is 12.1. The molecule has 0 aliphatic carbocycles. The van der Waals surface area contributed by atoms with Crippen LogP contribution < -0.4 is 10.6 Å². The van der Waals surface area contributed by atoms with Crippen molar-refractivity contribution in [3.8, 4) is 0 Å². The molecular formula is C12H21N5.